The van der Waals surface area contributed by atoms with Crippen LogP contribution in [0, 0.1) is 5.92 Å². The van der Waals surface area contributed by atoms with Gasteiger partial charge in [-0.3, -0.25) is 4.79 Å². The minimum atomic E-state index is -0.490. The number of carbonyl (C=O) groups excluding carboxylic acids is 1. The third kappa shape index (κ3) is 4.23. The van der Waals surface area contributed by atoms with Gasteiger partial charge in [-0.1, -0.05) is 25.3 Å². The predicted octanol–water partition coefficient (Wildman–Crippen LogP) is 3.00. The maximum atomic E-state index is 11.2. The number of hydrogen-bond acceptors (Lipinski definition) is 3. The Hall–Kier alpha value is -1.55. The van der Waals surface area contributed by atoms with E-state index in [1.165, 1.54) is 32.1 Å². The van der Waals surface area contributed by atoms with Gasteiger partial charge < -0.3 is 15.7 Å². The highest BCUT2D eigenvalue weighted by atomic mass is 16.3. The van der Waals surface area contributed by atoms with Crippen molar-refractivity contribution in [3.05, 3.63) is 24.3 Å². The van der Waals surface area contributed by atoms with E-state index in [9.17, 15) is 4.79 Å². The summed E-state index contributed by atoms with van der Waals surface area (Å²) >= 11 is 0. The lowest BCUT2D eigenvalue weighted by Crippen LogP contribution is -2.27. The first-order valence-electron chi connectivity index (χ1n) is 7.46. The Labute approximate surface area is 120 Å². The average Bonchev–Trinajstić information content (AvgIpc) is 2.48. The van der Waals surface area contributed by atoms with E-state index in [-0.39, 0.29) is 5.91 Å². The number of benzene rings is 1. The van der Waals surface area contributed by atoms with E-state index >= 15 is 0 Å². The fourth-order valence-corrected chi connectivity index (χ4v) is 2.90. The first-order chi connectivity index (χ1) is 9.69. The molecule has 0 saturated heterocycles. The molecule has 4 nitrogen and oxygen atoms in total. The van der Waals surface area contributed by atoms with Gasteiger partial charge in [-0.2, -0.15) is 0 Å². The van der Waals surface area contributed by atoms with Gasteiger partial charge in [0, 0.05) is 17.4 Å². The smallest absolute Gasteiger partial charge is 0.250 e. The summed E-state index contributed by atoms with van der Waals surface area (Å²) in [5.41, 5.74) is 1.73. The van der Waals surface area contributed by atoms with Crippen LogP contribution in [0.25, 0.3) is 0 Å². The molecule has 1 aliphatic rings. The quantitative estimate of drug-likeness (QED) is 0.774. The molecule has 0 aliphatic heterocycles. The zero-order valence-electron chi connectivity index (χ0n) is 12.1. The lowest BCUT2D eigenvalue weighted by atomic mass is 9.84. The summed E-state index contributed by atoms with van der Waals surface area (Å²) in [4.78, 5) is 11.2. The van der Waals surface area contributed by atoms with Crippen LogP contribution in [0.5, 0.6) is 0 Å². The lowest BCUT2D eigenvalue weighted by molar-refractivity contribution is -0.118. The Kier molecular flexibility index (Phi) is 5.41. The number of aliphatic hydroxyl groups excluding tert-OH is 1. The van der Waals surface area contributed by atoms with Gasteiger partial charge in [-0.15, -0.1) is 0 Å². The number of nitrogens with one attached hydrogen (secondary N) is 2. The van der Waals surface area contributed by atoms with Crippen molar-refractivity contribution in [2.75, 3.05) is 17.2 Å². The molecule has 1 fully saturated rings. The summed E-state index contributed by atoms with van der Waals surface area (Å²) in [6, 6.07) is 8.09. The zero-order chi connectivity index (χ0) is 14.4. The fourth-order valence-electron chi connectivity index (χ4n) is 2.90. The fraction of sp³-hybridized carbons (Fsp3) is 0.562. The van der Waals surface area contributed by atoms with Gasteiger partial charge in [0.15, 0.2) is 0 Å². The van der Waals surface area contributed by atoms with Crippen LogP contribution < -0.4 is 10.6 Å². The molecule has 0 aromatic heterocycles. The van der Waals surface area contributed by atoms with Crippen LogP contribution in [0.2, 0.25) is 0 Å². The Morgan fingerprint density at radius 1 is 1.30 bits per heavy atom. The predicted molar refractivity (Wildman–Crippen MR) is 81.8 cm³/mol. The summed E-state index contributed by atoms with van der Waals surface area (Å²) in [5.74, 6) is 0.349. The van der Waals surface area contributed by atoms with Crippen molar-refractivity contribution in [1.82, 2.24) is 0 Å². The molecule has 110 valence electrons. The van der Waals surface area contributed by atoms with Crippen LogP contribution in [0.1, 0.15) is 39.0 Å². The Morgan fingerprint density at radius 3 is 2.70 bits per heavy atom. The summed E-state index contributed by atoms with van der Waals surface area (Å²) in [5, 5.41) is 14.9. The van der Waals surface area contributed by atoms with E-state index in [0.717, 1.165) is 11.6 Å². The van der Waals surface area contributed by atoms with E-state index in [1.54, 1.807) is 0 Å². The molecule has 1 atom stereocenters. The van der Waals surface area contributed by atoms with Gasteiger partial charge in [0.05, 0.1) is 0 Å². The van der Waals surface area contributed by atoms with Crippen LogP contribution >= 0.6 is 0 Å². The normalized spacial score (nSPS) is 17.5. The van der Waals surface area contributed by atoms with Crippen molar-refractivity contribution in [2.45, 2.75) is 45.1 Å². The summed E-state index contributed by atoms with van der Waals surface area (Å²) < 4.78 is 0. The second kappa shape index (κ2) is 7.29. The van der Waals surface area contributed by atoms with Crippen molar-refractivity contribution < 1.29 is 9.90 Å². The van der Waals surface area contributed by atoms with E-state index in [4.69, 9.17) is 5.11 Å². The van der Waals surface area contributed by atoms with Gasteiger partial charge in [0.2, 0.25) is 5.91 Å². The number of carbonyl (C=O) groups is 1. The highest BCUT2D eigenvalue weighted by Gasteiger charge is 2.19. The molecule has 4 heteroatoms. The Bertz CT molecular complexity index is 442. The molecule has 1 saturated carbocycles. The highest BCUT2D eigenvalue weighted by Crippen LogP contribution is 2.28. The van der Waals surface area contributed by atoms with Crippen molar-refractivity contribution in [2.24, 2.45) is 5.92 Å². The molecular weight excluding hydrogens is 252 g/mol. The van der Waals surface area contributed by atoms with Crippen molar-refractivity contribution in [3.63, 3.8) is 0 Å². The molecule has 1 aromatic rings. The second-order valence-corrected chi connectivity index (χ2v) is 5.62. The molecule has 0 bridgehead atoms. The monoisotopic (exact) mass is 276 g/mol. The Morgan fingerprint density at radius 2 is 2.00 bits per heavy atom. The molecule has 0 spiro atoms. The van der Waals surface area contributed by atoms with E-state index in [0.29, 0.717) is 11.7 Å². The summed E-state index contributed by atoms with van der Waals surface area (Å²) in [6.07, 6.45) is 6.64. The Balaban J connectivity index is 1.94. The van der Waals surface area contributed by atoms with E-state index in [2.05, 4.69) is 17.6 Å². The minimum Gasteiger partial charge on any atom is -0.387 e. The van der Waals surface area contributed by atoms with Gasteiger partial charge in [-0.25, -0.2) is 0 Å². The average molecular weight is 276 g/mol. The number of hydrogen-bond donors (Lipinski definition) is 3. The number of aliphatic hydroxyl groups is 1. The zero-order valence-corrected chi connectivity index (χ0v) is 12.1. The molecule has 3 N–H and O–H groups in total. The van der Waals surface area contributed by atoms with Crippen LogP contribution in [0.15, 0.2) is 24.3 Å². The molecule has 0 radical (unpaired) electrons. The lowest BCUT2D eigenvalue weighted by Gasteiger charge is -2.29. The van der Waals surface area contributed by atoms with Crippen molar-refractivity contribution >= 4 is 17.3 Å². The third-order valence-electron chi connectivity index (χ3n) is 4.04. The SMILES string of the molecule is CC(Nc1cccc(NC(=O)CO)c1)C1CCCCC1. The third-order valence-corrected chi connectivity index (χ3v) is 4.04. The molecule has 1 aliphatic carbocycles. The first kappa shape index (κ1) is 14.9. The van der Waals surface area contributed by atoms with Crippen molar-refractivity contribution in [1.29, 1.82) is 0 Å². The summed E-state index contributed by atoms with van der Waals surface area (Å²) in [6.45, 7) is 1.74. The van der Waals surface area contributed by atoms with E-state index < -0.39 is 6.61 Å². The second-order valence-electron chi connectivity index (χ2n) is 5.62. The standard InChI is InChI=1S/C16H24N2O2/c1-12(13-6-3-2-4-7-13)17-14-8-5-9-15(10-14)18-16(20)11-19/h5,8-10,12-13,17,19H,2-4,6-7,11H2,1H3,(H,18,20). The van der Waals surface area contributed by atoms with Gasteiger partial charge in [0.1, 0.15) is 6.61 Å². The molecular formula is C16H24N2O2. The van der Waals surface area contributed by atoms with Gasteiger partial charge in [0.25, 0.3) is 0 Å². The molecule has 2 rings (SSSR count). The largest absolute Gasteiger partial charge is 0.387 e. The maximum Gasteiger partial charge on any atom is 0.250 e. The van der Waals surface area contributed by atoms with Crippen LogP contribution in [-0.2, 0) is 4.79 Å². The van der Waals surface area contributed by atoms with Crippen LogP contribution in [-0.4, -0.2) is 23.7 Å². The minimum absolute atomic E-state index is 0.387. The molecule has 1 unspecified atom stereocenters. The molecule has 0 heterocycles. The maximum absolute atomic E-state index is 11.2. The summed E-state index contributed by atoms with van der Waals surface area (Å²) in [7, 11) is 0. The number of amides is 1. The van der Waals surface area contributed by atoms with Crippen LogP contribution in [0.3, 0.4) is 0 Å². The highest BCUT2D eigenvalue weighted by molar-refractivity contribution is 5.91. The number of rotatable bonds is 5. The van der Waals surface area contributed by atoms with Gasteiger partial charge in [-0.05, 0) is 43.9 Å². The first-order valence-corrected chi connectivity index (χ1v) is 7.46. The van der Waals surface area contributed by atoms with Crippen molar-refractivity contribution in [3.8, 4) is 0 Å². The topological polar surface area (TPSA) is 61.4 Å². The van der Waals surface area contributed by atoms with E-state index in [1.807, 2.05) is 24.3 Å². The molecule has 20 heavy (non-hydrogen) atoms. The molecule has 1 amide bonds. The molecule has 1 aromatic carbocycles. The van der Waals surface area contributed by atoms with Crippen LogP contribution in [0.4, 0.5) is 11.4 Å². The van der Waals surface area contributed by atoms with Gasteiger partial charge >= 0.3 is 0 Å². The number of anilines is 2.